The molecular formula is C14H15NO. The second kappa shape index (κ2) is 4.37. The fourth-order valence-electron chi connectivity index (χ4n) is 1.76. The lowest BCUT2D eigenvalue weighted by molar-refractivity contribution is 0.282. The number of anilines is 1. The third-order valence-electron chi connectivity index (χ3n) is 2.82. The van der Waals surface area contributed by atoms with E-state index in [1.54, 1.807) is 0 Å². The van der Waals surface area contributed by atoms with Crippen LogP contribution in [0, 0.1) is 6.92 Å². The quantitative estimate of drug-likeness (QED) is 0.753. The van der Waals surface area contributed by atoms with E-state index in [-0.39, 0.29) is 6.61 Å². The molecule has 0 fully saturated rings. The van der Waals surface area contributed by atoms with Crippen molar-refractivity contribution in [3.63, 3.8) is 0 Å². The third-order valence-corrected chi connectivity index (χ3v) is 2.82. The van der Waals surface area contributed by atoms with Crippen LogP contribution >= 0.6 is 0 Å². The zero-order chi connectivity index (χ0) is 11.5. The molecule has 2 aromatic rings. The van der Waals surface area contributed by atoms with E-state index < -0.39 is 0 Å². The molecule has 2 aromatic carbocycles. The Morgan fingerprint density at radius 2 is 1.75 bits per heavy atom. The molecule has 2 rings (SSSR count). The predicted molar refractivity (Wildman–Crippen MR) is 67.0 cm³/mol. The van der Waals surface area contributed by atoms with Gasteiger partial charge in [-0.2, -0.15) is 0 Å². The largest absolute Gasteiger partial charge is 0.398 e. The molecule has 2 nitrogen and oxygen atoms in total. The minimum atomic E-state index is 0.0796. The summed E-state index contributed by atoms with van der Waals surface area (Å²) in [4.78, 5) is 0. The number of nitrogens with two attached hydrogens (primary N) is 1. The summed E-state index contributed by atoms with van der Waals surface area (Å²) >= 11 is 0. The van der Waals surface area contributed by atoms with E-state index in [1.165, 1.54) is 0 Å². The third kappa shape index (κ3) is 1.92. The Morgan fingerprint density at radius 1 is 1.06 bits per heavy atom. The van der Waals surface area contributed by atoms with Crippen molar-refractivity contribution in [1.82, 2.24) is 0 Å². The molecule has 2 heteroatoms. The van der Waals surface area contributed by atoms with Gasteiger partial charge in [0.15, 0.2) is 0 Å². The van der Waals surface area contributed by atoms with Gasteiger partial charge >= 0.3 is 0 Å². The molecule has 0 amide bonds. The minimum Gasteiger partial charge on any atom is -0.398 e. The molecule has 3 N–H and O–H groups in total. The number of aliphatic hydroxyl groups excluding tert-OH is 1. The Balaban J connectivity index is 2.46. The lowest BCUT2D eigenvalue weighted by Crippen LogP contribution is -1.92. The van der Waals surface area contributed by atoms with E-state index in [0.29, 0.717) is 0 Å². The van der Waals surface area contributed by atoms with Crippen molar-refractivity contribution in [2.24, 2.45) is 0 Å². The van der Waals surface area contributed by atoms with Crippen LogP contribution in [0.5, 0.6) is 0 Å². The van der Waals surface area contributed by atoms with Crippen LogP contribution in [0.2, 0.25) is 0 Å². The average molecular weight is 213 g/mol. The van der Waals surface area contributed by atoms with E-state index in [4.69, 9.17) is 10.8 Å². The first-order valence-electron chi connectivity index (χ1n) is 5.27. The van der Waals surface area contributed by atoms with Gasteiger partial charge in [0.05, 0.1) is 6.61 Å². The Bertz CT molecular complexity index is 489. The van der Waals surface area contributed by atoms with Crippen molar-refractivity contribution in [2.75, 3.05) is 5.73 Å². The van der Waals surface area contributed by atoms with E-state index in [2.05, 4.69) is 6.07 Å². The van der Waals surface area contributed by atoms with E-state index in [9.17, 15) is 0 Å². The molecule has 0 aliphatic carbocycles. The molecule has 0 heterocycles. The standard InChI is InChI=1S/C14H15NO/c1-10-13(3-2-4-14(10)15)12-7-5-11(9-16)6-8-12/h2-8,16H,9,15H2,1H3. The van der Waals surface area contributed by atoms with E-state index in [0.717, 1.165) is 27.9 Å². The highest BCUT2D eigenvalue weighted by Gasteiger charge is 2.03. The van der Waals surface area contributed by atoms with Gasteiger partial charge in [-0.3, -0.25) is 0 Å². The molecule has 0 saturated heterocycles. The van der Waals surface area contributed by atoms with Gasteiger partial charge in [-0.25, -0.2) is 0 Å². The van der Waals surface area contributed by atoms with Crippen molar-refractivity contribution in [3.8, 4) is 11.1 Å². The summed E-state index contributed by atoms with van der Waals surface area (Å²) in [6.45, 7) is 2.10. The zero-order valence-corrected chi connectivity index (χ0v) is 9.27. The summed E-state index contributed by atoms with van der Waals surface area (Å²) in [6, 6.07) is 13.8. The van der Waals surface area contributed by atoms with Crippen molar-refractivity contribution in [3.05, 3.63) is 53.6 Å². The van der Waals surface area contributed by atoms with Crippen LogP contribution in [0.4, 0.5) is 5.69 Å². The van der Waals surface area contributed by atoms with Gasteiger partial charge in [0.1, 0.15) is 0 Å². The number of aliphatic hydroxyl groups is 1. The molecule has 0 aliphatic rings. The van der Waals surface area contributed by atoms with Crippen molar-refractivity contribution in [1.29, 1.82) is 0 Å². The molecule has 0 radical (unpaired) electrons. The van der Waals surface area contributed by atoms with Gasteiger partial charge in [0.2, 0.25) is 0 Å². The molecule has 0 bridgehead atoms. The second-order valence-corrected chi connectivity index (χ2v) is 3.87. The van der Waals surface area contributed by atoms with Crippen molar-refractivity contribution < 1.29 is 5.11 Å². The summed E-state index contributed by atoms with van der Waals surface area (Å²) in [5.41, 5.74) is 11.0. The number of hydrogen-bond donors (Lipinski definition) is 2. The van der Waals surface area contributed by atoms with Crippen LogP contribution in [0.15, 0.2) is 42.5 Å². The lowest BCUT2D eigenvalue weighted by Gasteiger charge is -2.08. The van der Waals surface area contributed by atoms with Crippen LogP contribution in [-0.2, 0) is 6.61 Å². The Hall–Kier alpha value is -1.80. The summed E-state index contributed by atoms with van der Waals surface area (Å²) in [7, 11) is 0. The maximum Gasteiger partial charge on any atom is 0.0681 e. The topological polar surface area (TPSA) is 46.2 Å². The number of hydrogen-bond acceptors (Lipinski definition) is 2. The maximum absolute atomic E-state index is 8.98. The number of benzene rings is 2. The normalized spacial score (nSPS) is 10.4. The smallest absolute Gasteiger partial charge is 0.0681 e. The van der Waals surface area contributed by atoms with Crippen molar-refractivity contribution >= 4 is 5.69 Å². The first-order chi connectivity index (χ1) is 7.72. The fourth-order valence-corrected chi connectivity index (χ4v) is 1.76. The summed E-state index contributed by atoms with van der Waals surface area (Å²) < 4.78 is 0. The fraction of sp³-hybridized carbons (Fsp3) is 0.143. The van der Waals surface area contributed by atoms with E-state index >= 15 is 0 Å². The van der Waals surface area contributed by atoms with E-state index in [1.807, 2.05) is 43.3 Å². The summed E-state index contributed by atoms with van der Waals surface area (Å²) in [5, 5.41) is 8.98. The molecule has 0 aromatic heterocycles. The van der Waals surface area contributed by atoms with Gasteiger partial charge in [-0.05, 0) is 35.2 Å². The van der Waals surface area contributed by atoms with Crippen LogP contribution in [0.1, 0.15) is 11.1 Å². The second-order valence-electron chi connectivity index (χ2n) is 3.87. The summed E-state index contributed by atoms with van der Waals surface area (Å²) in [5.74, 6) is 0. The van der Waals surface area contributed by atoms with Gasteiger partial charge in [-0.1, -0.05) is 36.4 Å². The Kier molecular flexibility index (Phi) is 2.93. The molecule has 0 unspecified atom stereocenters. The first-order valence-corrected chi connectivity index (χ1v) is 5.27. The average Bonchev–Trinajstić information content (AvgIpc) is 2.33. The molecule has 0 aliphatic heterocycles. The molecular weight excluding hydrogens is 198 g/mol. The SMILES string of the molecule is Cc1c(N)cccc1-c1ccc(CO)cc1. The van der Waals surface area contributed by atoms with Gasteiger partial charge in [-0.15, -0.1) is 0 Å². The predicted octanol–water partition coefficient (Wildman–Crippen LogP) is 2.74. The molecule has 16 heavy (non-hydrogen) atoms. The van der Waals surface area contributed by atoms with Crippen LogP contribution in [0.3, 0.4) is 0 Å². The van der Waals surface area contributed by atoms with Gasteiger partial charge in [0, 0.05) is 5.69 Å². The first kappa shape index (κ1) is 10.7. The molecule has 0 atom stereocenters. The minimum absolute atomic E-state index is 0.0796. The highest BCUT2D eigenvalue weighted by atomic mass is 16.3. The zero-order valence-electron chi connectivity index (χ0n) is 9.27. The highest BCUT2D eigenvalue weighted by Crippen LogP contribution is 2.26. The van der Waals surface area contributed by atoms with Gasteiger partial charge < -0.3 is 10.8 Å². The monoisotopic (exact) mass is 213 g/mol. The van der Waals surface area contributed by atoms with Crippen LogP contribution in [-0.4, -0.2) is 5.11 Å². The number of rotatable bonds is 2. The Morgan fingerprint density at radius 3 is 2.38 bits per heavy atom. The highest BCUT2D eigenvalue weighted by molar-refractivity contribution is 5.72. The molecule has 0 spiro atoms. The lowest BCUT2D eigenvalue weighted by atomic mass is 9.98. The molecule has 0 saturated carbocycles. The Labute approximate surface area is 95.4 Å². The summed E-state index contributed by atoms with van der Waals surface area (Å²) in [6.07, 6.45) is 0. The van der Waals surface area contributed by atoms with Gasteiger partial charge in [0.25, 0.3) is 0 Å². The maximum atomic E-state index is 8.98. The van der Waals surface area contributed by atoms with Crippen LogP contribution < -0.4 is 5.73 Å². The molecule has 82 valence electrons. The van der Waals surface area contributed by atoms with Crippen LogP contribution in [0.25, 0.3) is 11.1 Å². The number of nitrogen functional groups attached to an aromatic ring is 1. The van der Waals surface area contributed by atoms with Crippen molar-refractivity contribution in [2.45, 2.75) is 13.5 Å².